The average molecular weight is 344 g/mol. The second kappa shape index (κ2) is 7.66. The van der Waals surface area contributed by atoms with Gasteiger partial charge in [0.1, 0.15) is 11.9 Å². The van der Waals surface area contributed by atoms with Crippen LogP contribution in [0.1, 0.15) is 31.1 Å². The van der Waals surface area contributed by atoms with Gasteiger partial charge >= 0.3 is 0 Å². The summed E-state index contributed by atoms with van der Waals surface area (Å²) in [6.45, 7) is 6.28. The second-order valence-electron chi connectivity index (χ2n) is 6.29. The first-order valence-corrected chi connectivity index (χ1v) is 7.20. The predicted octanol–water partition coefficient (Wildman–Crippen LogP) is 2.62. The summed E-state index contributed by atoms with van der Waals surface area (Å²) in [7, 11) is 0. The van der Waals surface area contributed by atoms with E-state index < -0.39 is 6.10 Å². The summed E-state index contributed by atoms with van der Waals surface area (Å²) in [4.78, 5) is 12.2. The van der Waals surface area contributed by atoms with Crippen LogP contribution in [-0.2, 0) is 0 Å². The first-order valence-electron chi connectivity index (χ1n) is 7.20. The molecule has 0 saturated carbocycles. The Morgan fingerprint density at radius 1 is 1.52 bits per heavy atom. The monoisotopic (exact) mass is 343 g/mol. The number of hydrogen-bond donors (Lipinski definition) is 3. The van der Waals surface area contributed by atoms with E-state index in [9.17, 15) is 9.18 Å². The van der Waals surface area contributed by atoms with Crippen LogP contribution in [0.25, 0.3) is 0 Å². The Labute approximate surface area is 141 Å². The summed E-state index contributed by atoms with van der Waals surface area (Å²) in [5.41, 5.74) is 6.84. The molecule has 4 N–H and O–H groups in total. The van der Waals surface area contributed by atoms with Crippen LogP contribution in [0.5, 0.6) is 5.75 Å². The van der Waals surface area contributed by atoms with Crippen LogP contribution in [0.3, 0.4) is 0 Å². The molecular weight excluding hydrogens is 321 g/mol. The van der Waals surface area contributed by atoms with Crippen molar-refractivity contribution in [1.82, 2.24) is 5.32 Å². The van der Waals surface area contributed by atoms with Gasteiger partial charge in [0.15, 0.2) is 0 Å². The van der Waals surface area contributed by atoms with E-state index in [1.54, 1.807) is 18.2 Å². The number of carbonyl (C=O) groups is 1. The molecule has 0 spiro atoms. The van der Waals surface area contributed by atoms with Crippen LogP contribution in [0.2, 0.25) is 0 Å². The minimum absolute atomic E-state index is 0. The molecule has 23 heavy (non-hydrogen) atoms. The van der Waals surface area contributed by atoms with Gasteiger partial charge in [-0.05, 0) is 39.0 Å². The molecule has 1 atom stereocenters. The first-order chi connectivity index (χ1) is 10.3. The molecule has 0 saturated heterocycles. The van der Waals surface area contributed by atoms with Gasteiger partial charge in [-0.3, -0.25) is 4.79 Å². The van der Waals surface area contributed by atoms with Crippen molar-refractivity contribution in [3.63, 3.8) is 0 Å². The van der Waals surface area contributed by atoms with E-state index in [0.29, 0.717) is 35.4 Å². The van der Waals surface area contributed by atoms with E-state index in [1.165, 1.54) is 0 Å². The Kier molecular flexibility index (Phi) is 6.41. The fourth-order valence-electron chi connectivity index (χ4n) is 2.18. The molecule has 0 bridgehead atoms. The summed E-state index contributed by atoms with van der Waals surface area (Å²) in [5.74, 6) is 0.432. The third-order valence-corrected chi connectivity index (χ3v) is 3.27. The smallest absolute Gasteiger partial charge is 0.251 e. The molecule has 5 nitrogen and oxygen atoms in total. The van der Waals surface area contributed by atoms with Crippen molar-refractivity contribution in [2.45, 2.75) is 32.4 Å². The van der Waals surface area contributed by atoms with E-state index in [2.05, 4.69) is 10.6 Å². The maximum atomic E-state index is 12.7. The van der Waals surface area contributed by atoms with Gasteiger partial charge in [0, 0.05) is 23.2 Å². The highest BCUT2D eigenvalue weighted by molar-refractivity contribution is 5.96. The number of benzene rings is 1. The lowest BCUT2D eigenvalue weighted by Crippen LogP contribution is -2.40. The number of halogens is 2. The number of fused-ring (bicyclic) bond motifs is 1. The molecule has 1 aromatic carbocycles. The number of nitrogens with one attached hydrogen (secondary N) is 2. The molecule has 0 aromatic heterocycles. The lowest BCUT2D eigenvalue weighted by molar-refractivity contribution is 0.0919. The van der Waals surface area contributed by atoms with Crippen LogP contribution in [-0.4, -0.2) is 30.6 Å². The first kappa shape index (κ1) is 19.3. The van der Waals surface area contributed by atoms with Gasteiger partial charge < -0.3 is 21.1 Å². The number of nitrogens with two attached hydrogens (primary N) is 1. The molecule has 1 aromatic rings. The standard InChI is InChI=1S/C16H22FN3O2.ClH/c1-16(2,3)20-15(21)10-4-5-13-12(6-10)19-9-14(22-13)11(7-17)8-18;/h4-7,14,19H,8-9,18H2,1-3H3,(H,20,21);1H/b11-7+;. The number of amides is 1. The summed E-state index contributed by atoms with van der Waals surface area (Å²) in [6, 6.07) is 5.12. The van der Waals surface area contributed by atoms with Gasteiger partial charge in [-0.1, -0.05) is 0 Å². The Morgan fingerprint density at radius 2 is 2.22 bits per heavy atom. The van der Waals surface area contributed by atoms with Crippen molar-refractivity contribution < 1.29 is 13.9 Å². The quantitative estimate of drug-likeness (QED) is 0.788. The van der Waals surface area contributed by atoms with Crippen molar-refractivity contribution >= 4 is 24.0 Å². The topological polar surface area (TPSA) is 76.4 Å². The minimum Gasteiger partial charge on any atom is -0.482 e. The molecule has 1 heterocycles. The second-order valence-corrected chi connectivity index (χ2v) is 6.29. The maximum absolute atomic E-state index is 12.7. The van der Waals surface area contributed by atoms with Crippen molar-refractivity contribution in [2.75, 3.05) is 18.4 Å². The van der Waals surface area contributed by atoms with Crippen LogP contribution in [0, 0.1) is 0 Å². The fourth-order valence-corrected chi connectivity index (χ4v) is 2.18. The molecule has 0 radical (unpaired) electrons. The maximum Gasteiger partial charge on any atom is 0.251 e. The lowest BCUT2D eigenvalue weighted by atomic mass is 10.1. The summed E-state index contributed by atoms with van der Waals surface area (Å²) >= 11 is 0. The molecule has 1 aliphatic rings. The normalized spacial score (nSPS) is 17.3. The fraction of sp³-hybridized carbons (Fsp3) is 0.438. The van der Waals surface area contributed by atoms with Gasteiger partial charge in [-0.15, -0.1) is 12.4 Å². The molecule has 0 fully saturated rings. The summed E-state index contributed by atoms with van der Waals surface area (Å²) in [5, 5.41) is 6.06. The van der Waals surface area contributed by atoms with Gasteiger partial charge in [0.2, 0.25) is 0 Å². The number of rotatable bonds is 3. The van der Waals surface area contributed by atoms with Crippen molar-refractivity contribution in [1.29, 1.82) is 0 Å². The Balaban J connectivity index is 0.00000264. The van der Waals surface area contributed by atoms with Gasteiger partial charge in [0.05, 0.1) is 18.6 Å². The molecule has 1 unspecified atom stereocenters. The third kappa shape index (κ3) is 4.84. The molecule has 128 valence electrons. The van der Waals surface area contributed by atoms with E-state index in [0.717, 1.165) is 0 Å². The summed E-state index contributed by atoms with van der Waals surface area (Å²) in [6.07, 6.45) is 0.0550. The van der Waals surface area contributed by atoms with E-state index in [4.69, 9.17) is 10.5 Å². The zero-order valence-corrected chi connectivity index (χ0v) is 14.3. The zero-order chi connectivity index (χ0) is 16.3. The average Bonchev–Trinajstić information content (AvgIpc) is 2.46. The Bertz CT molecular complexity index is 599. The van der Waals surface area contributed by atoms with Crippen LogP contribution < -0.4 is 21.1 Å². The SMILES string of the molecule is CC(C)(C)NC(=O)c1ccc2c(c1)NCC(/C(=C/F)CN)O2.Cl. The third-order valence-electron chi connectivity index (χ3n) is 3.27. The highest BCUT2D eigenvalue weighted by Gasteiger charge is 2.24. The van der Waals surface area contributed by atoms with Crippen LogP contribution in [0.15, 0.2) is 30.1 Å². The highest BCUT2D eigenvalue weighted by Crippen LogP contribution is 2.31. The lowest BCUT2D eigenvalue weighted by Gasteiger charge is -2.29. The van der Waals surface area contributed by atoms with Gasteiger partial charge in [0.25, 0.3) is 5.91 Å². The van der Waals surface area contributed by atoms with E-state index in [-0.39, 0.29) is 30.4 Å². The zero-order valence-electron chi connectivity index (χ0n) is 13.5. The van der Waals surface area contributed by atoms with Crippen molar-refractivity contribution in [3.05, 3.63) is 35.7 Å². The number of anilines is 1. The van der Waals surface area contributed by atoms with Gasteiger partial charge in [-0.25, -0.2) is 4.39 Å². The largest absolute Gasteiger partial charge is 0.482 e. The summed E-state index contributed by atoms with van der Waals surface area (Å²) < 4.78 is 18.5. The molecule has 1 amide bonds. The van der Waals surface area contributed by atoms with Gasteiger partial charge in [-0.2, -0.15) is 0 Å². The molecule has 0 aliphatic carbocycles. The number of hydrogen-bond acceptors (Lipinski definition) is 4. The predicted molar refractivity (Wildman–Crippen MR) is 92.1 cm³/mol. The van der Waals surface area contributed by atoms with Crippen molar-refractivity contribution in [3.8, 4) is 5.75 Å². The minimum atomic E-state index is -0.434. The number of ether oxygens (including phenoxy) is 1. The van der Waals surface area contributed by atoms with E-state index >= 15 is 0 Å². The van der Waals surface area contributed by atoms with Crippen molar-refractivity contribution in [2.24, 2.45) is 5.73 Å². The Hall–Kier alpha value is -1.79. The Morgan fingerprint density at radius 3 is 2.78 bits per heavy atom. The number of carbonyl (C=O) groups excluding carboxylic acids is 1. The van der Waals surface area contributed by atoms with Crippen LogP contribution in [0.4, 0.5) is 10.1 Å². The molecule has 2 rings (SSSR count). The van der Waals surface area contributed by atoms with Crippen LogP contribution >= 0.6 is 12.4 Å². The molecule has 1 aliphatic heterocycles. The van der Waals surface area contributed by atoms with E-state index in [1.807, 2.05) is 20.8 Å². The highest BCUT2D eigenvalue weighted by atomic mass is 35.5. The molecular formula is C16H23ClFN3O2. The molecule has 7 heteroatoms.